The second-order valence-electron chi connectivity index (χ2n) is 4.00. The molecule has 0 spiro atoms. The number of hydrogen-bond donors (Lipinski definition) is 1. The molecule has 1 aromatic rings. The fourth-order valence-corrected chi connectivity index (χ4v) is 1.45. The van der Waals surface area contributed by atoms with Crippen molar-refractivity contribution < 1.29 is 9.18 Å². The lowest BCUT2D eigenvalue weighted by Gasteiger charge is -2.02. The molecule has 2 rings (SSSR count). The zero-order valence-electron chi connectivity index (χ0n) is 8.50. The van der Waals surface area contributed by atoms with Crippen molar-refractivity contribution in [1.82, 2.24) is 5.32 Å². The molecule has 2 nitrogen and oxygen atoms in total. The van der Waals surface area contributed by atoms with Crippen LogP contribution in [0.15, 0.2) is 24.3 Å². The van der Waals surface area contributed by atoms with Crippen molar-refractivity contribution in [2.45, 2.75) is 12.8 Å². The molecule has 0 heterocycles. The van der Waals surface area contributed by atoms with E-state index in [0.29, 0.717) is 12.1 Å². The summed E-state index contributed by atoms with van der Waals surface area (Å²) in [6, 6.07) is 5.68. The number of nitrogens with one attached hydrogen (secondary N) is 1. The summed E-state index contributed by atoms with van der Waals surface area (Å²) in [5.41, 5.74) is 0.569. The number of ketones is 1. The quantitative estimate of drug-likeness (QED) is 0.748. The van der Waals surface area contributed by atoms with Gasteiger partial charge >= 0.3 is 0 Å². The van der Waals surface area contributed by atoms with E-state index in [1.54, 1.807) is 0 Å². The maximum Gasteiger partial charge on any atom is 0.176 e. The van der Waals surface area contributed by atoms with E-state index in [1.807, 2.05) is 0 Å². The zero-order valence-corrected chi connectivity index (χ0v) is 8.50. The number of halogens is 1. The van der Waals surface area contributed by atoms with Gasteiger partial charge < -0.3 is 5.32 Å². The number of carbonyl (C=O) groups is 1. The van der Waals surface area contributed by atoms with Gasteiger partial charge in [-0.1, -0.05) is 0 Å². The highest BCUT2D eigenvalue weighted by Gasteiger charge is 2.20. The van der Waals surface area contributed by atoms with Crippen LogP contribution in [0.1, 0.15) is 23.2 Å². The van der Waals surface area contributed by atoms with Crippen molar-refractivity contribution in [1.29, 1.82) is 0 Å². The number of rotatable bonds is 5. The highest BCUT2D eigenvalue weighted by Crippen LogP contribution is 2.27. The molecule has 1 aliphatic rings. The van der Waals surface area contributed by atoms with Crippen molar-refractivity contribution in [2.75, 3.05) is 13.1 Å². The molecule has 3 heteroatoms. The summed E-state index contributed by atoms with van der Waals surface area (Å²) in [6.45, 7) is 1.27. The number of carbonyl (C=O) groups excluding carboxylic acids is 1. The van der Waals surface area contributed by atoms with Gasteiger partial charge in [-0.25, -0.2) is 4.39 Å². The fourth-order valence-electron chi connectivity index (χ4n) is 1.45. The Morgan fingerprint density at radius 1 is 1.33 bits per heavy atom. The molecule has 80 valence electrons. The summed E-state index contributed by atoms with van der Waals surface area (Å²) in [4.78, 5) is 11.6. The topological polar surface area (TPSA) is 29.1 Å². The first kappa shape index (κ1) is 10.3. The summed E-state index contributed by atoms with van der Waals surface area (Å²) in [7, 11) is 0. The standard InChI is InChI=1S/C12H14FNO/c13-11-5-3-10(4-6-11)12(15)8-14-7-9-1-2-9/h3-6,9,14H,1-2,7-8H2. The van der Waals surface area contributed by atoms with E-state index in [-0.39, 0.29) is 11.6 Å². The first-order chi connectivity index (χ1) is 7.25. The van der Waals surface area contributed by atoms with Crippen LogP contribution in [0.25, 0.3) is 0 Å². The molecule has 1 fully saturated rings. The van der Waals surface area contributed by atoms with E-state index >= 15 is 0 Å². The Morgan fingerprint density at radius 3 is 2.60 bits per heavy atom. The van der Waals surface area contributed by atoms with Crippen molar-refractivity contribution in [2.24, 2.45) is 5.92 Å². The molecule has 0 saturated heterocycles. The minimum Gasteiger partial charge on any atom is -0.309 e. The van der Waals surface area contributed by atoms with Gasteiger partial charge in [0.15, 0.2) is 5.78 Å². The predicted octanol–water partition coefficient (Wildman–Crippen LogP) is 2.01. The first-order valence-corrected chi connectivity index (χ1v) is 5.25. The molecule has 15 heavy (non-hydrogen) atoms. The average molecular weight is 207 g/mol. The molecule has 0 amide bonds. The Labute approximate surface area is 88.5 Å². The molecular weight excluding hydrogens is 193 g/mol. The highest BCUT2D eigenvalue weighted by atomic mass is 19.1. The van der Waals surface area contributed by atoms with Crippen LogP contribution in [0, 0.1) is 11.7 Å². The van der Waals surface area contributed by atoms with Crippen LogP contribution >= 0.6 is 0 Å². The van der Waals surface area contributed by atoms with Crippen molar-refractivity contribution in [3.05, 3.63) is 35.6 Å². The lowest BCUT2D eigenvalue weighted by Crippen LogP contribution is -2.24. The molecule has 0 atom stereocenters. The third kappa shape index (κ3) is 3.13. The van der Waals surface area contributed by atoms with E-state index in [1.165, 1.54) is 37.1 Å². The van der Waals surface area contributed by atoms with Crippen LogP contribution in [0.5, 0.6) is 0 Å². The van der Waals surface area contributed by atoms with Crippen molar-refractivity contribution in [3.63, 3.8) is 0 Å². The lowest BCUT2D eigenvalue weighted by molar-refractivity contribution is 0.0991. The van der Waals surface area contributed by atoms with Gasteiger partial charge in [-0.15, -0.1) is 0 Å². The summed E-state index contributed by atoms with van der Waals surface area (Å²) in [5, 5.41) is 3.12. The third-order valence-electron chi connectivity index (χ3n) is 2.58. The summed E-state index contributed by atoms with van der Waals surface area (Å²) in [6.07, 6.45) is 2.55. The minimum atomic E-state index is -0.308. The molecule has 0 unspecified atom stereocenters. The monoisotopic (exact) mass is 207 g/mol. The van der Waals surface area contributed by atoms with E-state index in [0.717, 1.165) is 12.5 Å². The van der Waals surface area contributed by atoms with Crippen LogP contribution in [-0.2, 0) is 0 Å². The van der Waals surface area contributed by atoms with E-state index in [4.69, 9.17) is 0 Å². The predicted molar refractivity (Wildman–Crippen MR) is 56.3 cm³/mol. The van der Waals surface area contributed by atoms with Crippen molar-refractivity contribution >= 4 is 5.78 Å². The lowest BCUT2D eigenvalue weighted by atomic mass is 10.1. The third-order valence-corrected chi connectivity index (χ3v) is 2.58. The summed E-state index contributed by atoms with van der Waals surface area (Å²) >= 11 is 0. The molecule has 1 N–H and O–H groups in total. The first-order valence-electron chi connectivity index (χ1n) is 5.25. The Hall–Kier alpha value is -1.22. The Balaban J connectivity index is 1.81. The van der Waals surface area contributed by atoms with Gasteiger partial charge in [0.1, 0.15) is 5.82 Å². The molecule has 0 radical (unpaired) electrons. The van der Waals surface area contributed by atoms with E-state index in [9.17, 15) is 9.18 Å². The molecule has 0 bridgehead atoms. The normalized spacial score (nSPS) is 15.3. The largest absolute Gasteiger partial charge is 0.309 e. The second kappa shape index (κ2) is 4.53. The molecule has 0 aliphatic heterocycles. The van der Waals surface area contributed by atoms with E-state index < -0.39 is 0 Å². The second-order valence-corrected chi connectivity index (χ2v) is 4.00. The minimum absolute atomic E-state index is 0.0238. The Bertz CT molecular complexity index is 343. The smallest absolute Gasteiger partial charge is 0.176 e. The number of benzene rings is 1. The molecule has 1 aromatic carbocycles. The van der Waals surface area contributed by atoms with Gasteiger partial charge in [-0.3, -0.25) is 4.79 Å². The summed E-state index contributed by atoms with van der Waals surface area (Å²) < 4.78 is 12.6. The van der Waals surface area contributed by atoms with Crippen molar-refractivity contribution in [3.8, 4) is 0 Å². The maximum atomic E-state index is 12.6. The van der Waals surface area contributed by atoms with Crippen LogP contribution in [0.4, 0.5) is 4.39 Å². The highest BCUT2D eigenvalue weighted by molar-refractivity contribution is 5.97. The van der Waals surface area contributed by atoms with Gasteiger partial charge in [0.2, 0.25) is 0 Å². The van der Waals surface area contributed by atoms with Gasteiger partial charge in [0.05, 0.1) is 6.54 Å². The van der Waals surface area contributed by atoms with Gasteiger partial charge in [0.25, 0.3) is 0 Å². The van der Waals surface area contributed by atoms with Gasteiger partial charge in [0, 0.05) is 5.56 Å². The average Bonchev–Trinajstić information content (AvgIpc) is 3.02. The summed E-state index contributed by atoms with van der Waals surface area (Å²) in [5.74, 6) is 0.485. The Kier molecular flexibility index (Phi) is 3.11. The SMILES string of the molecule is O=C(CNCC1CC1)c1ccc(F)cc1. The van der Waals surface area contributed by atoms with E-state index in [2.05, 4.69) is 5.32 Å². The molecule has 0 aromatic heterocycles. The van der Waals surface area contributed by atoms with Gasteiger partial charge in [-0.2, -0.15) is 0 Å². The van der Waals surface area contributed by atoms with Gasteiger partial charge in [-0.05, 0) is 49.6 Å². The zero-order chi connectivity index (χ0) is 10.7. The Morgan fingerprint density at radius 2 is 2.00 bits per heavy atom. The fraction of sp³-hybridized carbons (Fsp3) is 0.417. The number of Topliss-reactive ketones (excluding diaryl/α,β-unsaturated/α-hetero) is 1. The number of hydrogen-bond acceptors (Lipinski definition) is 2. The molecule has 1 aliphatic carbocycles. The van der Waals surface area contributed by atoms with Crippen LogP contribution < -0.4 is 5.32 Å². The van der Waals surface area contributed by atoms with Crippen LogP contribution in [0.2, 0.25) is 0 Å². The van der Waals surface area contributed by atoms with Crippen LogP contribution in [0.3, 0.4) is 0 Å². The molecule has 1 saturated carbocycles. The van der Waals surface area contributed by atoms with Crippen LogP contribution in [-0.4, -0.2) is 18.9 Å². The maximum absolute atomic E-state index is 12.6. The molecular formula is C12H14FNO.